The second-order valence-electron chi connectivity index (χ2n) is 4.21. The Labute approximate surface area is 76.4 Å². The monoisotopic (exact) mass is 178 g/mol. The average molecular weight is 178 g/mol. The van der Waals surface area contributed by atoms with E-state index in [2.05, 4.69) is 25.2 Å². The lowest BCUT2D eigenvalue weighted by molar-refractivity contribution is 0.853. The van der Waals surface area contributed by atoms with Gasteiger partial charge in [0.05, 0.1) is 8.07 Å². The van der Waals surface area contributed by atoms with Crippen molar-refractivity contribution in [3.8, 4) is 0 Å². The summed E-state index contributed by atoms with van der Waals surface area (Å²) in [5.41, 5.74) is 0. The highest BCUT2D eigenvalue weighted by Gasteiger charge is 2.41. The van der Waals surface area contributed by atoms with E-state index in [9.17, 15) is 0 Å². The average Bonchev–Trinajstić information content (AvgIpc) is 2.48. The van der Waals surface area contributed by atoms with Gasteiger partial charge in [-0.2, -0.15) is 0 Å². The lowest BCUT2D eigenvalue weighted by Gasteiger charge is -2.41. The highest BCUT2D eigenvalue weighted by atomic mass is 28.3. The van der Waals surface area contributed by atoms with Gasteiger partial charge < -0.3 is 0 Å². The summed E-state index contributed by atoms with van der Waals surface area (Å²) in [6.45, 7) is 2.34. The van der Waals surface area contributed by atoms with Gasteiger partial charge in [0.1, 0.15) is 0 Å². The molecule has 1 saturated heterocycles. The smallest absolute Gasteiger partial charge is 0.0809 e. The molecule has 66 valence electrons. The van der Waals surface area contributed by atoms with Crippen molar-refractivity contribution in [3.63, 3.8) is 0 Å². The molecule has 0 aromatic carbocycles. The van der Waals surface area contributed by atoms with Crippen LogP contribution in [0.4, 0.5) is 0 Å². The van der Waals surface area contributed by atoms with E-state index in [1.54, 1.807) is 18.1 Å². The van der Waals surface area contributed by atoms with Gasteiger partial charge in [0.2, 0.25) is 0 Å². The minimum absolute atomic E-state index is 0.811. The molecule has 0 radical (unpaired) electrons. The first kappa shape index (κ1) is 8.30. The molecule has 0 aromatic heterocycles. The van der Waals surface area contributed by atoms with Crippen LogP contribution in [0.25, 0.3) is 0 Å². The predicted octanol–water partition coefficient (Wildman–Crippen LogP) is 3.67. The lowest BCUT2D eigenvalue weighted by atomic mass is 10.5. The molecule has 0 bridgehead atoms. The van der Waals surface area contributed by atoms with Crippen LogP contribution in [0.3, 0.4) is 0 Å². The third-order valence-corrected chi connectivity index (χ3v) is 9.30. The Morgan fingerprint density at radius 3 is 2.67 bits per heavy atom. The van der Waals surface area contributed by atoms with Crippen LogP contribution in [-0.2, 0) is 0 Å². The van der Waals surface area contributed by atoms with Gasteiger partial charge in [0, 0.05) is 0 Å². The summed E-state index contributed by atoms with van der Waals surface area (Å²) in [6.07, 6.45) is 11.2. The maximum atomic E-state index is 2.42. The Hall–Kier alpha value is -0.303. The molecule has 2 rings (SSSR count). The standard InChI is InChI=1S/C11H18Si/c1-2-8-12(9-5-10-12)11-6-3-4-7-11/h3-4,6H,2,5,7-10H2,1H3. The van der Waals surface area contributed by atoms with Crippen molar-refractivity contribution in [1.82, 2.24) is 0 Å². The molecule has 1 heteroatoms. The van der Waals surface area contributed by atoms with Crippen LogP contribution >= 0.6 is 0 Å². The van der Waals surface area contributed by atoms with Crippen LogP contribution in [0.1, 0.15) is 26.2 Å². The first-order chi connectivity index (χ1) is 5.87. The number of hydrogen-bond acceptors (Lipinski definition) is 0. The summed E-state index contributed by atoms with van der Waals surface area (Å²) in [7, 11) is -0.811. The summed E-state index contributed by atoms with van der Waals surface area (Å²) in [5, 5.41) is 1.86. The molecule has 0 spiro atoms. The SMILES string of the molecule is CCC[Si]1(C2=CC=CC2)CCC1. The summed E-state index contributed by atoms with van der Waals surface area (Å²) >= 11 is 0. The molecule has 0 aromatic rings. The van der Waals surface area contributed by atoms with Crippen molar-refractivity contribution < 1.29 is 0 Å². The third kappa shape index (κ3) is 1.20. The number of hydrogen-bond donors (Lipinski definition) is 0. The van der Waals surface area contributed by atoms with Crippen molar-refractivity contribution in [1.29, 1.82) is 0 Å². The van der Waals surface area contributed by atoms with Crippen LogP contribution in [0.15, 0.2) is 23.4 Å². The molecule has 1 fully saturated rings. The summed E-state index contributed by atoms with van der Waals surface area (Å²) in [6, 6.07) is 4.74. The van der Waals surface area contributed by atoms with E-state index in [1.165, 1.54) is 19.3 Å². The second kappa shape index (κ2) is 3.21. The fourth-order valence-corrected chi connectivity index (χ4v) is 7.28. The van der Waals surface area contributed by atoms with E-state index in [-0.39, 0.29) is 0 Å². The van der Waals surface area contributed by atoms with Gasteiger partial charge in [-0.05, 0) is 6.42 Å². The highest BCUT2D eigenvalue weighted by Crippen LogP contribution is 2.44. The Kier molecular flexibility index (Phi) is 2.22. The quantitative estimate of drug-likeness (QED) is 0.578. The molecular weight excluding hydrogens is 160 g/mol. The third-order valence-electron chi connectivity index (χ3n) is 3.49. The number of rotatable bonds is 3. The van der Waals surface area contributed by atoms with Gasteiger partial charge in [-0.15, -0.1) is 0 Å². The highest BCUT2D eigenvalue weighted by molar-refractivity contribution is 6.88. The Morgan fingerprint density at radius 2 is 2.25 bits per heavy atom. The zero-order valence-corrected chi connectivity index (χ0v) is 8.97. The first-order valence-electron chi connectivity index (χ1n) is 5.23. The summed E-state index contributed by atoms with van der Waals surface area (Å²) in [5.74, 6) is 0. The van der Waals surface area contributed by atoms with E-state index in [1.807, 2.05) is 5.20 Å². The van der Waals surface area contributed by atoms with Crippen LogP contribution in [0.2, 0.25) is 18.1 Å². The summed E-state index contributed by atoms with van der Waals surface area (Å²) < 4.78 is 0. The molecule has 0 atom stereocenters. The molecule has 2 aliphatic rings. The van der Waals surface area contributed by atoms with E-state index >= 15 is 0 Å². The zero-order chi connectivity index (χ0) is 8.44. The minimum atomic E-state index is -0.811. The topological polar surface area (TPSA) is 0 Å². The normalized spacial score (nSPS) is 25.2. The molecule has 0 amide bonds. The van der Waals surface area contributed by atoms with Crippen LogP contribution in [0.5, 0.6) is 0 Å². The zero-order valence-electron chi connectivity index (χ0n) is 7.97. The van der Waals surface area contributed by atoms with Gasteiger partial charge in [-0.3, -0.25) is 0 Å². The van der Waals surface area contributed by atoms with E-state index in [0.29, 0.717) is 0 Å². The van der Waals surface area contributed by atoms with Crippen molar-refractivity contribution >= 4 is 8.07 Å². The van der Waals surface area contributed by atoms with Gasteiger partial charge in [0.15, 0.2) is 0 Å². The van der Waals surface area contributed by atoms with Crippen molar-refractivity contribution in [2.75, 3.05) is 0 Å². The van der Waals surface area contributed by atoms with E-state index in [0.717, 1.165) is 0 Å². The number of allylic oxidation sites excluding steroid dienone is 4. The minimum Gasteiger partial charge on any atom is -0.0809 e. The molecule has 0 N–H and O–H groups in total. The molecule has 0 nitrogen and oxygen atoms in total. The Bertz CT molecular complexity index is 221. The van der Waals surface area contributed by atoms with E-state index < -0.39 is 8.07 Å². The molecule has 1 heterocycles. The maximum absolute atomic E-state index is 2.42. The van der Waals surface area contributed by atoms with Crippen LogP contribution < -0.4 is 0 Å². The molecule has 1 aliphatic carbocycles. The van der Waals surface area contributed by atoms with Gasteiger partial charge in [0.25, 0.3) is 0 Å². The molecule has 12 heavy (non-hydrogen) atoms. The largest absolute Gasteiger partial charge is 0.0819 e. The molecule has 0 unspecified atom stereocenters. The van der Waals surface area contributed by atoms with Crippen LogP contribution in [-0.4, -0.2) is 8.07 Å². The lowest BCUT2D eigenvalue weighted by Crippen LogP contribution is -2.43. The van der Waals surface area contributed by atoms with Gasteiger partial charge in [-0.1, -0.05) is 61.3 Å². The Balaban J connectivity index is 2.06. The second-order valence-corrected chi connectivity index (χ2v) is 8.91. The van der Waals surface area contributed by atoms with Crippen molar-refractivity contribution in [2.45, 2.75) is 44.3 Å². The molecule has 0 saturated carbocycles. The fraction of sp³-hybridized carbons (Fsp3) is 0.636. The fourth-order valence-electron chi connectivity index (χ4n) is 2.65. The Morgan fingerprint density at radius 1 is 1.42 bits per heavy atom. The van der Waals surface area contributed by atoms with Gasteiger partial charge >= 0.3 is 0 Å². The summed E-state index contributed by atoms with van der Waals surface area (Å²) in [4.78, 5) is 0. The molecular formula is C11H18Si. The maximum Gasteiger partial charge on any atom is 0.0819 e. The van der Waals surface area contributed by atoms with E-state index in [4.69, 9.17) is 0 Å². The van der Waals surface area contributed by atoms with Gasteiger partial charge in [-0.25, -0.2) is 0 Å². The first-order valence-corrected chi connectivity index (χ1v) is 7.86. The van der Waals surface area contributed by atoms with Crippen molar-refractivity contribution in [2.24, 2.45) is 0 Å². The van der Waals surface area contributed by atoms with Crippen LogP contribution in [0, 0.1) is 0 Å². The van der Waals surface area contributed by atoms with Crippen molar-refractivity contribution in [3.05, 3.63) is 23.4 Å². The molecule has 1 aliphatic heterocycles. The predicted molar refractivity (Wildman–Crippen MR) is 56.9 cm³/mol.